The molecule has 0 saturated carbocycles. The second-order valence-corrected chi connectivity index (χ2v) is 5.58. The summed E-state index contributed by atoms with van der Waals surface area (Å²) in [5, 5.41) is 15.3. The number of benzene rings is 1. The topological polar surface area (TPSA) is 58.9 Å². The van der Waals surface area contributed by atoms with E-state index in [0.29, 0.717) is 12.0 Å². The standard InChI is InChI=1S/C15H22N6/c1-13(20-10-6-3-7-11-20)12-16-15-17-18-19-21(15)14-8-4-2-5-9-14/h2,4-5,8-9,13H,3,6-7,10-12H2,1H3,(H,16,17,19). The normalized spacial score (nSPS) is 17.6. The molecule has 2 heterocycles. The number of piperidine rings is 1. The van der Waals surface area contributed by atoms with Crippen molar-refractivity contribution < 1.29 is 0 Å². The molecule has 1 aliphatic rings. The van der Waals surface area contributed by atoms with Crippen molar-refractivity contribution in [2.75, 3.05) is 25.0 Å². The molecule has 2 aromatic rings. The van der Waals surface area contributed by atoms with Gasteiger partial charge in [0.2, 0.25) is 5.95 Å². The summed E-state index contributed by atoms with van der Waals surface area (Å²) in [6, 6.07) is 10.4. The molecule has 6 heteroatoms. The lowest BCUT2D eigenvalue weighted by Crippen LogP contribution is -2.41. The van der Waals surface area contributed by atoms with Crippen LogP contribution in [0.1, 0.15) is 26.2 Å². The van der Waals surface area contributed by atoms with Crippen LogP contribution in [0.25, 0.3) is 5.69 Å². The van der Waals surface area contributed by atoms with E-state index in [9.17, 15) is 0 Å². The molecule has 112 valence electrons. The SMILES string of the molecule is CC(CNc1nnnn1-c1ccccc1)N1CCCCC1. The van der Waals surface area contributed by atoms with Gasteiger partial charge in [-0.2, -0.15) is 4.68 Å². The molecule has 3 rings (SSSR count). The van der Waals surface area contributed by atoms with Crippen LogP contribution in [-0.4, -0.2) is 50.8 Å². The molecule has 1 aliphatic heterocycles. The monoisotopic (exact) mass is 286 g/mol. The van der Waals surface area contributed by atoms with Gasteiger partial charge in [0.1, 0.15) is 0 Å². The van der Waals surface area contributed by atoms with E-state index in [1.807, 2.05) is 30.3 Å². The van der Waals surface area contributed by atoms with Gasteiger partial charge in [0.05, 0.1) is 5.69 Å². The van der Waals surface area contributed by atoms with Crippen LogP contribution in [0.4, 0.5) is 5.95 Å². The van der Waals surface area contributed by atoms with Crippen LogP contribution >= 0.6 is 0 Å². The fourth-order valence-electron chi connectivity index (χ4n) is 2.77. The Morgan fingerprint density at radius 3 is 2.67 bits per heavy atom. The fourth-order valence-corrected chi connectivity index (χ4v) is 2.77. The molecule has 21 heavy (non-hydrogen) atoms. The average molecular weight is 286 g/mol. The Morgan fingerprint density at radius 1 is 1.14 bits per heavy atom. The van der Waals surface area contributed by atoms with Gasteiger partial charge in [-0.1, -0.05) is 29.7 Å². The van der Waals surface area contributed by atoms with E-state index >= 15 is 0 Å². The lowest BCUT2D eigenvalue weighted by atomic mass is 10.1. The number of nitrogens with zero attached hydrogens (tertiary/aromatic N) is 5. The van der Waals surface area contributed by atoms with Gasteiger partial charge in [-0.15, -0.1) is 0 Å². The summed E-state index contributed by atoms with van der Waals surface area (Å²) in [6.07, 6.45) is 3.99. The summed E-state index contributed by atoms with van der Waals surface area (Å²) in [6.45, 7) is 5.52. The molecule has 0 spiro atoms. The molecule has 6 nitrogen and oxygen atoms in total. The minimum absolute atomic E-state index is 0.492. The van der Waals surface area contributed by atoms with Crippen LogP contribution in [-0.2, 0) is 0 Å². The van der Waals surface area contributed by atoms with Gasteiger partial charge in [-0.25, -0.2) is 0 Å². The average Bonchev–Trinajstić information content (AvgIpc) is 3.03. The van der Waals surface area contributed by atoms with Gasteiger partial charge in [-0.3, -0.25) is 4.90 Å². The predicted octanol–water partition coefficient (Wildman–Crippen LogP) is 1.95. The molecule has 1 unspecified atom stereocenters. The van der Waals surface area contributed by atoms with Crippen LogP contribution in [0.5, 0.6) is 0 Å². The second kappa shape index (κ2) is 6.67. The van der Waals surface area contributed by atoms with Crippen molar-refractivity contribution in [2.24, 2.45) is 0 Å². The maximum atomic E-state index is 4.08. The first-order valence-electron chi connectivity index (χ1n) is 7.66. The van der Waals surface area contributed by atoms with Crippen molar-refractivity contribution in [2.45, 2.75) is 32.2 Å². The zero-order valence-electron chi connectivity index (χ0n) is 12.4. The van der Waals surface area contributed by atoms with Crippen molar-refractivity contribution in [1.82, 2.24) is 25.1 Å². The zero-order chi connectivity index (χ0) is 14.5. The third-order valence-electron chi connectivity index (χ3n) is 4.04. The molecule has 1 N–H and O–H groups in total. The van der Waals surface area contributed by atoms with Crippen molar-refractivity contribution in [3.63, 3.8) is 0 Å². The van der Waals surface area contributed by atoms with Crippen LogP contribution in [0, 0.1) is 0 Å². The minimum Gasteiger partial charge on any atom is -0.351 e. The molecular formula is C15H22N6. The molecule has 1 aromatic heterocycles. The van der Waals surface area contributed by atoms with Gasteiger partial charge in [-0.05, 0) is 55.4 Å². The Hall–Kier alpha value is -1.95. The largest absolute Gasteiger partial charge is 0.351 e. The molecule has 1 fully saturated rings. The Balaban J connectivity index is 1.62. The molecule has 1 aromatic carbocycles. The maximum Gasteiger partial charge on any atom is 0.247 e. The van der Waals surface area contributed by atoms with E-state index < -0.39 is 0 Å². The van der Waals surface area contributed by atoms with Crippen LogP contribution in [0.2, 0.25) is 0 Å². The van der Waals surface area contributed by atoms with Gasteiger partial charge < -0.3 is 5.32 Å². The zero-order valence-corrected chi connectivity index (χ0v) is 12.4. The van der Waals surface area contributed by atoms with Crippen molar-refractivity contribution >= 4 is 5.95 Å². The van der Waals surface area contributed by atoms with Crippen LogP contribution in [0.3, 0.4) is 0 Å². The minimum atomic E-state index is 0.492. The quantitative estimate of drug-likeness (QED) is 0.910. The molecule has 0 radical (unpaired) electrons. The summed E-state index contributed by atoms with van der Waals surface area (Å²) in [5.74, 6) is 0.699. The molecular weight excluding hydrogens is 264 g/mol. The van der Waals surface area contributed by atoms with Crippen LogP contribution < -0.4 is 5.32 Å². The van der Waals surface area contributed by atoms with E-state index in [-0.39, 0.29) is 0 Å². The van der Waals surface area contributed by atoms with E-state index in [4.69, 9.17) is 0 Å². The highest BCUT2D eigenvalue weighted by atomic mass is 15.6. The number of hydrogen-bond donors (Lipinski definition) is 1. The fraction of sp³-hybridized carbons (Fsp3) is 0.533. The molecule has 0 bridgehead atoms. The molecule has 0 aliphatic carbocycles. The number of tetrazole rings is 1. The van der Waals surface area contributed by atoms with Gasteiger partial charge >= 0.3 is 0 Å². The Morgan fingerprint density at radius 2 is 1.90 bits per heavy atom. The van der Waals surface area contributed by atoms with Crippen molar-refractivity contribution in [3.8, 4) is 5.69 Å². The summed E-state index contributed by atoms with van der Waals surface area (Å²) >= 11 is 0. The first kappa shape index (κ1) is 14.0. The molecule has 0 amide bonds. The summed E-state index contributed by atoms with van der Waals surface area (Å²) in [4.78, 5) is 2.53. The predicted molar refractivity (Wildman–Crippen MR) is 82.5 cm³/mol. The molecule has 1 atom stereocenters. The van der Waals surface area contributed by atoms with E-state index in [1.165, 1.54) is 32.4 Å². The van der Waals surface area contributed by atoms with Gasteiger partial charge in [0, 0.05) is 12.6 Å². The first-order valence-corrected chi connectivity index (χ1v) is 7.66. The second-order valence-electron chi connectivity index (χ2n) is 5.58. The Labute approximate surface area is 125 Å². The number of rotatable bonds is 5. The third-order valence-corrected chi connectivity index (χ3v) is 4.04. The van der Waals surface area contributed by atoms with Crippen molar-refractivity contribution in [1.29, 1.82) is 0 Å². The van der Waals surface area contributed by atoms with E-state index in [0.717, 1.165) is 12.2 Å². The number of nitrogens with one attached hydrogen (secondary N) is 1. The Bertz CT molecular complexity index is 546. The summed E-state index contributed by atoms with van der Waals surface area (Å²) in [7, 11) is 0. The number of likely N-dealkylation sites (tertiary alicyclic amines) is 1. The highest BCUT2D eigenvalue weighted by molar-refractivity contribution is 5.38. The van der Waals surface area contributed by atoms with Crippen molar-refractivity contribution in [3.05, 3.63) is 30.3 Å². The van der Waals surface area contributed by atoms with Gasteiger partial charge in [0.25, 0.3) is 0 Å². The third kappa shape index (κ3) is 3.39. The lowest BCUT2D eigenvalue weighted by molar-refractivity contribution is 0.180. The molecule has 1 saturated heterocycles. The lowest BCUT2D eigenvalue weighted by Gasteiger charge is -2.32. The Kier molecular flexibility index (Phi) is 4.45. The maximum absolute atomic E-state index is 4.08. The summed E-state index contributed by atoms with van der Waals surface area (Å²) in [5.41, 5.74) is 0.968. The highest BCUT2D eigenvalue weighted by Crippen LogP contribution is 2.14. The first-order chi connectivity index (χ1) is 10.3. The van der Waals surface area contributed by atoms with E-state index in [2.05, 4.69) is 32.7 Å². The van der Waals surface area contributed by atoms with E-state index in [1.54, 1.807) is 4.68 Å². The number of hydrogen-bond acceptors (Lipinski definition) is 5. The van der Waals surface area contributed by atoms with Crippen LogP contribution in [0.15, 0.2) is 30.3 Å². The smallest absolute Gasteiger partial charge is 0.247 e. The number of aromatic nitrogens is 4. The highest BCUT2D eigenvalue weighted by Gasteiger charge is 2.17. The number of para-hydroxylation sites is 1. The number of anilines is 1. The van der Waals surface area contributed by atoms with Gasteiger partial charge in [0.15, 0.2) is 0 Å². The summed E-state index contributed by atoms with van der Waals surface area (Å²) < 4.78 is 1.74.